The summed E-state index contributed by atoms with van der Waals surface area (Å²) in [4.78, 5) is 0. The van der Waals surface area contributed by atoms with Crippen LogP contribution in [-0.2, 0) is 0 Å². The summed E-state index contributed by atoms with van der Waals surface area (Å²) in [5, 5.41) is 61.9. The summed E-state index contributed by atoms with van der Waals surface area (Å²) in [6.07, 6.45) is -2.88. The summed E-state index contributed by atoms with van der Waals surface area (Å²) in [7, 11) is 0. The topological polar surface area (TPSA) is 142 Å². The highest BCUT2D eigenvalue weighted by atomic mass is 16.4. The Hall–Kier alpha value is -0.280. The molecule has 0 aromatic rings. The second-order valence-electron chi connectivity index (χ2n) is 6.87. The van der Waals surface area contributed by atoms with E-state index in [-0.39, 0.29) is 6.10 Å². The van der Waals surface area contributed by atoms with E-state index in [0.717, 1.165) is 12.3 Å². The predicted molar refractivity (Wildman–Crippen MR) is 85.5 cm³/mol. The van der Waals surface area contributed by atoms with Crippen molar-refractivity contribution in [3.05, 3.63) is 0 Å². The Morgan fingerprint density at radius 1 is 0.870 bits per heavy atom. The molecule has 0 unspecified atom stereocenters. The molecule has 7 N–H and O–H groups in total. The van der Waals surface area contributed by atoms with Crippen molar-refractivity contribution in [2.24, 2.45) is 17.8 Å². The van der Waals surface area contributed by atoms with Crippen LogP contribution in [-0.4, -0.2) is 79.5 Å². The van der Waals surface area contributed by atoms with E-state index in [9.17, 15) is 5.11 Å². The zero-order valence-electron chi connectivity index (χ0n) is 14.3. The van der Waals surface area contributed by atoms with Crippen LogP contribution in [0.4, 0.5) is 0 Å². The van der Waals surface area contributed by atoms with E-state index in [1.807, 2.05) is 0 Å². The lowest BCUT2D eigenvalue weighted by molar-refractivity contribution is -0.123. The van der Waals surface area contributed by atoms with Crippen molar-refractivity contribution in [1.82, 2.24) is 0 Å². The Kier molecular flexibility index (Phi) is 11.2. The highest BCUT2D eigenvalue weighted by Crippen LogP contribution is 2.33. The number of hydrogen-bond acceptors (Lipinski definition) is 7. The van der Waals surface area contributed by atoms with Gasteiger partial charge in [0.05, 0.1) is 19.3 Å². The second-order valence-corrected chi connectivity index (χ2v) is 6.87. The molecule has 0 aromatic heterocycles. The van der Waals surface area contributed by atoms with Gasteiger partial charge in [-0.15, -0.1) is 0 Å². The molecule has 1 fully saturated rings. The zero-order chi connectivity index (χ0) is 18.2. The van der Waals surface area contributed by atoms with Crippen LogP contribution in [0.3, 0.4) is 0 Å². The summed E-state index contributed by atoms with van der Waals surface area (Å²) in [5.41, 5.74) is 0. The number of aliphatic hydroxyl groups is 7. The van der Waals surface area contributed by atoms with Crippen LogP contribution < -0.4 is 0 Å². The fraction of sp³-hybridized carbons (Fsp3) is 1.00. The molecule has 0 heterocycles. The summed E-state index contributed by atoms with van der Waals surface area (Å²) in [6.45, 7) is 5.21. The first-order chi connectivity index (χ1) is 10.6. The Morgan fingerprint density at radius 2 is 1.30 bits per heavy atom. The van der Waals surface area contributed by atoms with Gasteiger partial charge in [0, 0.05) is 0 Å². The van der Waals surface area contributed by atoms with E-state index >= 15 is 0 Å². The Morgan fingerprint density at radius 3 is 1.61 bits per heavy atom. The van der Waals surface area contributed by atoms with Gasteiger partial charge in [0.15, 0.2) is 0 Å². The lowest BCUT2D eigenvalue weighted by atomic mass is 9.75. The molecule has 7 nitrogen and oxygen atoms in total. The van der Waals surface area contributed by atoms with Gasteiger partial charge in [0.25, 0.3) is 0 Å². The molecule has 7 heteroatoms. The third kappa shape index (κ3) is 7.89. The quantitative estimate of drug-likeness (QED) is 0.324. The first-order valence-electron chi connectivity index (χ1n) is 8.27. The molecule has 1 saturated carbocycles. The summed E-state index contributed by atoms with van der Waals surface area (Å²) in [6, 6.07) is 0. The molecule has 0 spiro atoms. The van der Waals surface area contributed by atoms with Gasteiger partial charge in [-0.3, -0.25) is 0 Å². The maximum atomic E-state index is 9.71. The van der Waals surface area contributed by atoms with E-state index in [0.29, 0.717) is 11.8 Å². The molecule has 0 bridgehead atoms. The van der Waals surface area contributed by atoms with Crippen LogP contribution in [0.25, 0.3) is 0 Å². The minimum absolute atomic E-state index is 0.0289. The Bertz CT molecular complexity index is 286. The van der Waals surface area contributed by atoms with Gasteiger partial charge in [-0.1, -0.05) is 27.2 Å². The molecule has 1 aliphatic carbocycles. The Labute approximate surface area is 138 Å². The fourth-order valence-electron chi connectivity index (χ4n) is 2.82. The van der Waals surface area contributed by atoms with Crippen molar-refractivity contribution in [3.63, 3.8) is 0 Å². The molecule has 1 aliphatic rings. The molecule has 0 radical (unpaired) electrons. The lowest BCUT2D eigenvalue weighted by Crippen LogP contribution is -2.46. The van der Waals surface area contributed by atoms with Crippen LogP contribution in [0.2, 0.25) is 0 Å². The van der Waals surface area contributed by atoms with Gasteiger partial charge in [-0.2, -0.15) is 0 Å². The second kappa shape index (κ2) is 11.3. The van der Waals surface area contributed by atoms with Gasteiger partial charge in [-0.05, 0) is 30.6 Å². The van der Waals surface area contributed by atoms with Crippen LogP contribution in [0, 0.1) is 17.8 Å². The van der Waals surface area contributed by atoms with Crippen molar-refractivity contribution in [3.8, 4) is 0 Å². The molecular formula is C16H34O7. The van der Waals surface area contributed by atoms with Crippen molar-refractivity contribution >= 4 is 0 Å². The molecule has 0 aromatic carbocycles. The number of hydrogen-bond donors (Lipinski definition) is 7. The maximum Gasteiger partial charge on any atom is 0.111 e. The smallest absolute Gasteiger partial charge is 0.111 e. The number of aliphatic hydroxyl groups excluding tert-OH is 7. The third-order valence-electron chi connectivity index (χ3n) is 4.50. The highest BCUT2D eigenvalue weighted by molar-refractivity contribution is 4.80. The van der Waals surface area contributed by atoms with Gasteiger partial charge in [0.1, 0.15) is 24.4 Å². The summed E-state index contributed by atoms with van der Waals surface area (Å²) < 4.78 is 0. The van der Waals surface area contributed by atoms with E-state index in [2.05, 4.69) is 20.8 Å². The molecule has 0 aliphatic heterocycles. The molecule has 1 rings (SSSR count). The Balaban J connectivity index is 0.000000422. The first-order valence-corrected chi connectivity index (χ1v) is 8.27. The number of rotatable bonds is 6. The first kappa shape index (κ1) is 22.7. The van der Waals surface area contributed by atoms with Crippen molar-refractivity contribution in [1.29, 1.82) is 0 Å². The minimum Gasteiger partial charge on any atom is -0.394 e. The standard InChI is InChI=1S/C10H20O.C6H14O6/c1-7(2)9-5-4-8(3)6-10(9)11;7-1-3(9)5(11)6(12)4(10)2-8/h7-11H,4-6H2,1-3H3;3-12H,1-2H2/t8-,9+,10-;3-,4+,5-,6-/m11/s1. The van der Waals surface area contributed by atoms with Gasteiger partial charge < -0.3 is 35.7 Å². The summed E-state index contributed by atoms with van der Waals surface area (Å²) >= 11 is 0. The van der Waals surface area contributed by atoms with Crippen LogP contribution >= 0.6 is 0 Å². The van der Waals surface area contributed by atoms with Crippen LogP contribution in [0.5, 0.6) is 0 Å². The van der Waals surface area contributed by atoms with Crippen molar-refractivity contribution in [2.75, 3.05) is 13.2 Å². The van der Waals surface area contributed by atoms with Crippen LogP contribution in [0.15, 0.2) is 0 Å². The molecular weight excluding hydrogens is 304 g/mol. The lowest BCUT2D eigenvalue weighted by Gasteiger charge is -2.33. The maximum absolute atomic E-state index is 9.71. The van der Waals surface area contributed by atoms with Gasteiger partial charge >= 0.3 is 0 Å². The fourth-order valence-corrected chi connectivity index (χ4v) is 2.82. The average Bonchev–Trinajstić information content (AvgIpc) is 2.51. The molecule has 7 atom stereocenters. The van der Waals surface area contributed by atoms with E-state index in [1.165, 1.54) is 12.8 Å². The third-order valence-corrected chi connectivity index (χ3v) is 4.50. The zero-order valence-corrected chi connectivity index (χ0v) is 14.3. The van der Waals surface area contributed by atoms with E-state index in [1.54, 1.807) is 0 Å². The largest absolute Gasteiger partial charge is 0.394 e. The molecule has 23 heavy (non-hydrogen) atoms. The normalized spacial score (nSPS) is 30.1. The van der Waals surface area contributed by atoms with Crippen LogP contribution in [0.1, 0.15) is 40.0 Å². The minimum atomic E-state index is -1.67. The summed E-state index contributed by atoms with van der Waals surface area (Å²) in [5.74, 6) is 1.95. The van der Waals surface area contributed by atoms with E-state index in [4.69, 9.17) is 30.6 Å². The predicted octanol–water partition coefficient (Wildman–Crippen LogP) is -1.15. The molecule has 0 saturated heterocycles. The molecule has 0 amide bonds. The average molecular weight is 338 g/mol. The highest BCUT2D eigenvalue weighted by Gasteiger charge is 2.29. The van der Waals surface area contributed by atoms with Gasteiger partial charge in [0.2, 0.25) is 0 Å². The van der Waals surface area contributed by atoms with Crippen molar-refractivity contribution < 1.29 is 35.7 Å². The van der Waals surface area contributed by atoms with Crippen molar-refractivity contribution in [2.45, 2.75) is 70.6 Å². The van der Waals surface area contributed by atoms with E-state index < -0.39 is 37.6 Å². The van der Waals surface area contributed by atoms with Gasteiger partial charge in [-0.25, -0.2) is 0 Å². The molecule has 140 valence electrons. The monoisotopic (exact) mass is 338 g/mol. The SMILES string of the molecule is CC(C)[C@@H]1CC[C@@H](C)C[C@H]1O.OC[C@@H](O)[C@@H](O)[C@H](O)[C@@H](O)CO.